The molecule has 0 spiro atoms. The van der Waals surface area contributed by atoms with E-state index in [1.807, 2.05) is 6.26 Å². The smallest absolute Gasteiger partial charge is 0.280 e. The number of aromatic nitrogens is 4. The molecule has 21 heavy (non-hydrogen) atoms. The number of rotatable bonds is 3. The molecule has 1 aliphatic heterocycles. The van der Waals surface area contributed by atoms with E-state index in [1.54, 1.807) is 0 Å². The molecule has 0 aliphatic carbocycles. The first kappa shape index (κ1) is 14.3. The van der Waals surface area contributed by atoms with E-state index in [4.69, 9.17) is 10.5 Å². The molecule has 0 bridgehead atoms. The second kappa shape index (κ2) is 5.30. The van der Waals surface area contributed by atoms with Crippen molar-refractivity contribution in [1.29, 1.82) is 0 Å². The quantitative estimate of drug-likeness (QED) is 0.547. The van der Waals surface area contributed by atoms with E-state index >= 15 is 0 Å². The van der Waals surface area contributed by atoms with Gasteiger partial charge in [-0.1, -0.05) is 0 Å². The van der Waals surface area contributed by atoms with Gasteiger partial charge in [0.25, 0.3) is 5.56 Å². The van der Waals surface area contributed by atoms with E-state index in [0.29, 0.717) is 5.75 Å². The monoisotopic (exact) mass is 313 g/mol. The maximum atomic E-state index is 11.7. The third-order valence-corrected chi connectivity index (χ3v) is 4.05. The van der Waals surface area contributed by atoms with Crippen LogP contribution in [0.3, 0.4) is 0 Å². The van der Waals surface area contributed by atoms with Gasteiger partial charge < -0.3 is 20.7 Å². The molecule has 9 nitrogen and oxygen atoms in total. The lowest BCUT2D eigenvalue weighted by Crippen LogP contribution is -2.32. The highest BCUT2D eigenvalue weighted by atomic mass is 32.2. The van der Waals surface area contributed by atoms with Gasteiger partial charge >= 0.3 is 0 Å². The van der Waals surface area contributed by atoms with Gasteiger partial charge in [-0.05, 0) is 6.26 Å². The topological polar surface area (TPSA) is 139 Å². The van der Waals surface area contributed by atoms with Crippen molar-refractivity contribution < 1.29 is 14.9 Å². The van der Waals surface area contributed by atoms with E-state index in [-0.39, 0.29) is 17.1 Å². The summed E-state index contributed by atoms with van der Waals surface area (Å²) >= 11 is 1.50. The first-order chi connectivity index (χ1) is 10.0. The number of aliphatic hydroxyl groups excluding tert-OH is 2. The predicted octanol–water partition coefficient (Wildman–Crippen LogP) is -1.32. The lowest BCUT2D eigenvalue weighted by Gasteiger charge is -2.16. The number of fused-ring (bicyclic) bond motifs is 1. The Bertz CT molecular complexity index is 716. The maximum Gasteiger partial charge on any atom is 0.280 e. The minimum atomic E-state index is -1.14. The van der Waals surface area contributed by atoms with E-state index in [1.165, 1.54) is 22.7 Å². The number of nitrogens with zero attached hydrogens (tertiary/aromatic N) is 3. The Labute approximate surface area is 123 Å². The highest BCUT2D eigenvalue weighted by molar-refractivity contribution is 7.98. The van der Waals surface area contributed by atoms with Crippen LogP contribution in [0.5, 0.6) is 0 Å². The van der Waals surface area contributed by atoms with Gasteiger partial charge in [0.15, 0.2) is 17.4 Å². The minimum absolute atomic E-state index is 0.0528. The second-order valence-corrected chi connectivity index (χ2v) is 5.69. The molecule has 0 aromatic carbocycles. The van der Waals surface area contributed by atoms with Crippen LogP contribution in [0.2, 0.25) is 0 Å². The summed E-state index contributed by atoms with van der Waals surface area (Å²) in [6.07, 6.45) is -0.299. The molecule has 1 saturated heterocycles. The van der Waals surface area contributed by atoms with Crippen molar-refractivity contribution >= 4 is 28.9 Å². The van der Waals surface area contributed by atoms with Crippen LogP contribution in [0.1, 0.15) is 6.23 Å². The van der Waals surface area contributed by atoms with Crippen LogP contribution in [0.4, 0.5) is 5.95 Å². The molecule has 1 fully saturated rings. The largest absolute Gasteiger partial charge is 0.387 e. The molecule has 5 N–H and O–H groups in total. The molecule has 0 radical (unpaired) electrons. The van der Waals surface area contributed by atoms with Gasteiger partial charge in [-0.3, -0.25) is 14.3 Å². The zero-order valence-electron chi connectivity index (χ0n) is 11.1. The molecule has 1 aliphatic rings. The number of hydrogen-bond donors (Lipinski definition) is 4. The lowest BCUT2D eigenvalue weighted by molar-refractivity contribution is -0.0288. The molecular weight excluding hydrogens is 298 g/mol. The molecule has 0 saturated carbocycles. The summed E-state index contributed by atoms with van der Waals surface area (Å²) in [4.78, 5) is 22.1. The Balaban J connectivity index is 2.03. The van der Waals surface area contributed by atoms with Crippen molar-refractivity contribution in [3.8, 4) is 0 Å². The summed E-state index contributed by atoms with van der Waals surface area (Å²) in [6.45, 7) is 0. The molecule has 114 valence electrons. The Hall–Kier alpha value is -1.62. The number of aromatic amines is 1. The van der Waals surface area contributed by atoms with E-state index in [0.717, 1.165) is 0 Å². The Morgan fingerprint density at radius 1 is 1.52 bits per heavy atom. The van der Waals surface area contributed by atoms with Gasteiger partial charge in [0.05, 0.1) is 12.4 Å². The summed E-state index contributed by atoms with van der Waals surface area (Å²) in [6, 6.07) is 0. The Kier molecular flexibility index (Phi) is 3.61. The fourth-order valence-corrected chi connectivity index (χ4v) is 2.99. The van der Waals surface area contributed by atoms with Crippen LogP contribution in [0.25, 0.3) is 11.2 Å². The summed E-state index contributed by atoms with van der Waals surface area (Å²) in [5, 5.41) is 20.2. The predicted molar refractivity (Wildman–Crippen MR) is 76.9 cm³/mol. The highest BCUT2D eigenvalue weighted by Gasteiger charge is 2.44. The zero-order chi connectivity index (χ0) is 15.1. The molecule has 10 heteroatoms. The van der Waals surface area contributed by atoms with Crippen molar-refractivity contribution in [2.45, 2.75) is 24.5 Å². The standard InChI is InChI=1S/C11H15N5O4S/c1-21-2-4-6(17)7(18)10(20-4)16-3-13-5-8(16)14-11(12)15-9(5)19/h3-4,6-7,10,17-18H,2H2,1H3,(H3,12,14,15,19)/t4-,6-,7-,10-/m1/s1. The van der Waals surface area contributed by atoms with Crippen LogP contribution in [-0.4, -0.2) is 60.1 Å². The number of thioether (sulfide) groups is 1. The van der Waals surface area contributed by atoms with Crippen LogP contribution in [-0.2, 0) is 4.74 Å². The molecule has 4 atom stereocenters. The van der Waals surface area contributed by atoms with Crippen LogP contribution in [0, 0.1) is 0 Å². The molecule has 0 amide bonds. The third-order valence-electron chi connectivity index (χ3n) is 3.39. The number of anilines is 1. The first-order valence-corrected chi connectivity index (χ1v) is 7.65. The van der Waals surface area contributed by atoms with Crippen molar-refractivity contribution in [3.05, 3.63) is 16.7 Å². The van der Waals surface area contributed by atoms with Gasteiger partial charge in [-0.2, -0.15) is 16.7 Å². The van der Waals surface area contributed by atoms with Gasteiger partial charge in [0.2, 0.25) is 5.95 Å². The van der Waals surface area contributed by atoms with Crippen molar-refractivity contribution in [2.75, 3.05) is 17.7 Å². The molecular formula is C11H15N5O4S. The Morgan fingerprint density at radius 2 is 2.29 bits per heavy atom. The van der Waals surface area contributed by atoms with Gasteiger partial charge in [0.1, 0.15) is 12.2 Å². The number of nitrogens with one attached hydrogen (secondary N) is 1. The van der Waals surface area contributed by atoms with Gasteiger partial charge in [0, 0.05) is 5.75 Å². The van der Waals surface area contributed by atoms with Crippen LogP contribution >= 0.6 is 11.8 Å². The van der Waals surface area contributed by atoms with E-state index in [9.17, 15) is 15.0 Å². The number of aliphatic hydroxyl groups is 2. The fraction of sp³-hybridized carbons (Fsp3) is 0.545. The number of ether oxygens (including phenoxy) is 1. The number of nitrogen functional groups attached to an aromatic ring is 1. The number of imidazole rings is 1. The van der Waals surface area contributed by atoms with Crippen molar-refractivity contribution in [3.63, 3.8) is 0 Å². The fourth-order valence-electron chi connectivity index (χ4n) is 2.39. The van der Waals surface area contributed by atoms with Gasteiger partial charge in [-0.15, -0.1) is 0 Å². The van der Waals surface area contributed by atoms with Crippen LogP contribution in [0.15, 0.2) is 11.1 Å². The van der Waals surface area contributed by atoms with Crippen molar-refractivity contribution in [1.82, 2.24) is 19.5 Å². The molecule has 2 aromatic rings. The summed E-state index contributed by atoms with van der Waals surface area (Å²) in [5.74, 6) is 0.486. The SMILES string of the molecule is CSC[C@H]1O[C@@H](n2cnc3c(=O)[nH]c(N)nc32)[C@H](O)[C@@H]1O. The molecule has 3 heterocycles. The zero-order valence-corrected chi connectivity index (χ0v) is 11.9. The Morgan fingerprint density at radius 3 is 3.00 bits per heavy atom. The number of nitrogens with two attached hydrogens (primary N) is 1. The van der Waals surface area contributed by atoms with Crippen LogP contribution < -0.4 is 11.3 Å². The molecule has 2 aromatic heterocycles. The van der Waals surface area contributed by atoms with E-state index in [2.05, 4.69) is 15.0 Å². The summed E-state index contributed by atoms with van der Waals surface area (Å²) < 4.78 is 7.08. The highest BCUT2D eigenvalue weighted by Crippen LogP contribution is 2.32. The van der Waals surface area contributed by atoms with Crippen molar-refractivity contribution in [2.24, 2.45) is 0 Å². The average Bonchev–Trinajstić information content (AvgIpc) is 2.96. The number of hydrogen-bond acceptors (Lipinski definition) is 8. The summed E-state index contributed by atoms with van der Waals surface area (Å²) in [7, 11) is 0. The number of H-pyrrole nitrogens is 1. The molecule has 0 unspecified atom stereocenters. The molecule has 3 rings (SSSR count). The first-order valence-electron chi connectivity index (χ1n) is 6.25. The summed E-state index contributed by atoms with van der Waals surface area (Å²) in [5.41, 5.74) is 5.36. The van der Waals surface area contributed by atoms with E-state index < -0.39 is 30.1 Å². The second-order valence-electron chi connectivity index (χ2n) is 4.78. The lowest BCUT2D eigenvalue weighted by atomic mass is 10.1. The third kappa shape index (κ3) is 2.29. The van der Waals surface area contributed by atoms with Gasteiger partial charge in [-0.25, -0.2) is 4.98 Å². The minimum Gasteiger partial charge on any atom is -0.387 e. The average molecular weight is 313 g/mol. The normalized spacial score (nSPS) is 29.3. The maximum absolute atomic E-state index is 11.7.